The monoisotopic (exact) mass is 197 g/mol. The predicted molar refractivity (Wildman–Crippen MR) is 50.9 cm³/mol. The third kappa shape index (κ3) is 2.73. The van der Waals surface area contributed by atoms with E-state index < -0.39 is 6.03 Å². The van der Waals surface area contributed by atoms with Gasteiger partial charge in [-0.05, 0) is 0 Å². The highest BCUT2D eigenvalue weighted by molar-refractivity contribution is 5.93. The SMILES string of the molecule is CN(C)N=Cc1n[nH]nc1NC(N)=O. The highest BCUT2D eigenvalue weighted by Gasteiger charge is 2.06. The number of nitrogens with zero attached hydrogens (tertiary/aromatic N) is 4. The van der Waals surface area contributed by atoms with Gasteiger partial charge >= 0.3 is 6.03 Å². The Morgan fingerprint density at radius 2 is 2.36 bits per heavy atom. The van der Waals surface area contributed by atoms with Crippen molar-refractivity contribution in [3.8, 4) is 0 Å². The van der Waals surface area contributed by atoms with Crippen LogP contribution in [0.15, 0.2) is 5.10 Å². The summed E-state index contributed by atoms with van der Waals surface area (Å²) in [4.78, 5) is 10.5. The molecule has 0 atom stereocenters. The molecule has 2 amide bonds. The van der Waals surface area contributed by atoms with Gasteiger partial charge in [0.25, 0.3) is 0 Å². The molecule has 0 fully saturated rings. The standard InChI is InChI=1S/C6H11N7O/c1-13(2)8-3-4-5(9-6(7)14)11-12-10-4/h3H,1-2H3,(H4,7,9,10,11,12,14). The van der Waals surface area contributed by atoms with Crippen LogP contribution in [0.5, 0.6) is 0 Å². The first-order valence-electron chi connectivity index (χ1n) is 3.78. The molecular weight excluding hydrogens is 186 g/mol. The topological polar surface area (TPSA) is 112 Å². The van der Waals surface area contributed by atoms with Crippen LogP contribution in [0, 0.1) is 0 Å². The van der Waals surface area contributed by atoms with E-state index in [2.05, 4.69) is 25.8 Å². The summed E-state index contributed by atoms with van der Waals surface area (Å²) in [6.07, 6.45) is 1.45. The number of aromatic amines is 1. The highest BCUT2D eigenvalue weighted by Crippen LogP contribution is 2.03. The van der Waals surface area contributed by atoms with Gasteiger partial charge in [0.2, 0.25) is 0 Å². The fraction of sp³-hybridized carbons (Fsp3) is 0.333. The second kappa shape index (κ2) is 4.21. The van der Waals surface area contributed by atoms with Gasteiger partial charge in [0.05, 0.1) is 6.21 Å². The molecule has 0 spiro atoms. The zero-order chi connectivity index (χ0) is 10.6. The summed E-state index contributed by atoms with van der Waals surface area (Å²) in [7, 11) is 3.52. The summed E-state index contributed by atoms with van der Waals surface area (Å²) in [6.45, 7) is 0. The fourth-order valence-corrected chi connectivity index (χ4v) is 0.708. The number of hydrogen-bond donors (Lipinski definition) is 3. The Balaban J connectivity index is 2.77. The van der Waals surface area contributed by atoms with Gasteiger partial charge in [-0.3, -0.25) is 5.32 Å². The van der Waals surface area contributed by atoms with Crippen molar-refractivity contribution in [2.75, 3.05) is 19.4 Å². The van der Waals surface area contributed by atoms with Crippen molar-refractivity contribution in [3.63, 3.8) is 0 Å². The number of carbonyl (C=O) groups is 1. The van der Waals surface area contributed by atoms with Crippen molar-refractivity contribution >= 4 is 18.1 Å². The normalized spacial score (nSPS) is 10.4. The van der Waals surface area contributed by atoms with E-state index in [0.29, 0.717) is 5.69 Å². The van der Waals surface area contributed by atoms with Crippen LogP contribution in [0.25, 0.3) is 0 Å². The van der Waals surface area contributed by atoms with Crippen molar-refractivity contribution in [1.29, 1.82) is 0 Å². The van der Waals surface area contributed by atoms with E-state index >= 15 is 0 Å². The third-order valence-corrected chi connectivity index (χ3v) is 1.23. The largest absolute Gasteiger partial charge is 0.351 e. The molecule has 14 heavy (non-hydrogen) atoms. The van der Waals surface area contributed by atoms with Gasteiger partial charge in [0.15, 0.2) is 5.82 Å². The van der Waals surface area contributed by atoms with Gasteiger partial charge in [0, 0.05) is 14.1 Å². The van der Waals surface area contributed by atoms with E-state index in [1.165, 1.54) is 6.21 Å². The maximum absolute atomic E-state index is 10.5. The van der Waals surface area contributed by atoms with Crippen molar-refractivity contribution in [1.82, 2.24) is 20.4 Å². The first kappa shape index (κ1) is 9.96. The summed E-state index contributed by atoms with van der Waals surface area (Å²) < 4.78 is 0. The van der Waals surface area contributed by atoms with Crippen molar-refractivity contribution in [3.05, 3.63) is 5.69 Å². The van der Waals surface area contributed by atoms with Crippen molar-refractivity contribution in [2.24, 2.45) is 10.8 Å². The Morgan fingerprint density at radius 3 is 2.93 bits per heavy atom. The molecule has 1 aromatic rings. The first-order chi connectivity index (χ1) is 6.59. The number of hydrogen-bond acceptors (Lipinski definition) is 5. The lowest BCUT2D eigenvalue weighted by Crippen LogP contribution is -2.20. The van der Waals surface area contributed by atoms with Gasteiger partial charge in [-0.1, -0.05) is 0 Å². The molecule has 0 aliphatic carbocycles. The van der Waals surface area contributed by atoms with Gasteiger partial charge in [-0.2, -0.15) is 15.4 Å². The minimum Gasteiger partial charge on any atom is -0.351 e. The molecule has 0 aliphatic heterocycles. The van der Waals surface area contributed by atoms with Crippen molar-refractivity contribution in [2.45, 2.75) is 0 Å². The van der Waals surface area contributed by atoms with E-state index in [-0.39, 0.29) is 5.82 Å². The summed E-state index contributed by atoms with van der Waals surface area (Å²) >= 11 is 0. The van der Waals surface area contributed by atoms with Crippen LogP contribution in [-0.2, 0) is 0 Å². The number of nitrogens with one attached hydrogen (secondary N) is 2. The van der Waals surface area contributed by atoms with Crippen LogP contribution in [0.2, 0.25) is 0 Å². The first-order valence-corrected chi connectivity index (χ1v) is 3.78. The molecule has 1 rings (SSSR count). The summed E-state index contributed by atoms with van der Waals surface area (Å²) in [5, 5.41) is 17.6. The second-order valence-corrected chi connectivity index (χ2v) is 2.64. The molecule has 0 aromatic carbocycles. The number of nitrogens with two attached hydrogens (primary N) is 1. The zero-order valence-corrected chi connectivity index (χ0v) is 7.85. The lowest BCUT2D eigenvalue weighted by atomic mass is 10.4. The van der Waals surface area contributed by atoms with E-state index in [1.54, 1.807) is 19.1 Å². The maximum Gasteiger partial charge on any atom is 0.317 e. The lowest BCUT2D eigenvalue weighted by molar-refractivity contribution is 0.259. The van der Waals surface area contributed by atoms with Crippen LogP contribution in [0.4, 0.5) is 10.6 Å². The van der Waals surface area contributed by atoms with E-state index in [4.69, 9.17) is 5.73 Å². The van der Waals surface area contributed by atoms with E-state index in [1.807, 2.05) is 0 Å². The van der Waals surface area contributed by atoms with Gasteiger partial charge in [0.1, 0.15) is 5.69 Å². The lowest BCUT2D eigenvalue weighted by Gasteiger charge is -2.01. The van der Waals surface area contributed by atoms with Crippen molar-refractivity contribution < 1.29 is 4.79 Å². The number of aromatic nitrogens is 3. The van der Waals surface area contributed by atoms with Crippen LogP contribution >= 0.6 is 0 Å². The number of carbonyl (C=O) groups excluding carboxylic acids is 1. The Morgan fingerprint density at radius 1 is 1.64 bits per heavy atom. The number of primary amides is 1. The molecule has 1 aromatic heterocycles. The molecule has 4 N–H and O–H groups in total. The Bertz CT molecular complexity index is 342. The number of urea groups is 1. The molecule has 0 unspecified atom stereocenters. The number of rotatable bonds is 3. The molecule has 0 saturated carbocycles. The van der Waals surface area contributed by atoms with E-state index in [9.17, 15) is 4.79 Å². The average molecular weight is 197 g/mol. The average Bonchev–Trinajstić information content (AvgIpc) is 2.47. The molecule has 1 heterocycles. The number of anilines is 1. The zero-order valence-electron chi connectivity index (χ0n) is 7.85. The number of hydrazone groups is 1. The second-order valence-electron chi connectivity index (χ2n) is 2.64. The highest BCUT2D eigenvalue weighted by atomic mass is 16.2. The Kier molecular flexibility index (Phi) is 3.00. The Hall–Kier alpha value is -2.12. The van der Waals surface area contributed by atoms with Crippen LogP contribution in [0.1, 0.15) is 5.69 Å². The minimum absolute atomic E-state index is 0.253. The molecule has 76 valence electrons. The molecule has 0 radical (unpaired) electrons. The predicted octanol–water partition coefficient (Wildman–Crippen LogP) is -0.809. The Labute approximate surface area is 80.2 Å². The molecule has 0 bridgehead atoms. The smallest absolute Gasteiger partial charge is 0.317 e. The van der Waals surface area contributed by atoms with E-state index in [0.717, 1.165) is 0 Å². The van der Waals surface area contributed by atoms with Crippen LogP contribution < -0.4 is 11.1 Å². The third-order valence-electron chi connectivity index (χ3n) is 1.23. The summed E-state index contributed by atoms with van der Waals surface area (Å²) in [6, 6.07) is -0.696. The summed E-state index contributed by atoms with van der Waals surface area (Å²) in [5.41, 5.74) is 5.34. The minimum atomic E-state index is -0.696. The van der Waals surface area contributed by atoms with Crippen LogP contribution in [0.3, 0.4) is 0 Å². The maximum atomic E-state index is 10.5. The quantitative estimate of drug-likeness (QED) is 0.434. The molecule has 0 aliphatic rings. The molecule has 8 nitrogen and oxygen atoms in total. The van der Waals surface area contributed by atoms with Crippen LogP contribution in [-0.4, -0.2) is 46.8 Å². The van der Waals surface area contributed by atoms with Gasteiger partial charge in [-0.15, -0.1) is 5.10 Å². The summed E-state index contributed by atoms with van der Waals surface area (Å²) in [5.74, 6) is 0.253. The molecular formula is C6H11N7O. The number of H-pyrrole nitrogens is 1. The molecule has 8 heteroatoms. The van der Waals surface area contributed by atoms with Gasteiger partial charge in [-0.25, -0.2) is 4.79 Å². The fourth-order valence-electron chi connectivity index (χ4n) is 0.708. The number of amides is 2. The van der Waals surface area contributed by atoms with Gasteiger partial charge < -0.3 is 10.7 Å². The molecule has 0 saturated heterocycles.